The summed E-state index contributed by atoms with van der Waals surface area (Å²) >= 11 is 0. The Morgan fingerprint density at radius 1 is 1.05 bits per heavy atom. The van der Waals surface area contributed by atoms with Gasteiger partial charge in [0.15, 0.2) is 5.69 Å². The first-order valence-electron chi connectivity index (χ1n) is 7.59. The SMILES string of the molecule is CCCOc1ncnc(OCCN(C(C)C)C(C)C)c1N. The van der Waals surface area contributed by atoms with E-state index < -0.39 is 0 Å². The first-order chi connectivity index (χ1) is 9.97. The van der Waals surface area contributed by atoms with Crippen molar-refractivity contribution < 1.29 is 9.47 Å². The first-order valence-corrected chi connectivity index (χ1v) is 7.59. The summed E-state index contributed by atoms with van der Waals surface area (Å²) in [5.41, 5.74) is 6.34. The molecule has 0 aliphatic carbocycles. The molecule has 0 bridgehead atoms. The molecule has 0 spiro atoms. The van der Waals surface area contributed by atoms with Gasteiger partial charge in [-0.05, 0) is 34.1 Å². The summed E-state index contributed by atoms with van der Waals surface area (Å²) in [5.74, 6) is 0.787. The molecule has 1 rings (SSSR count). The molecule has 21 heavy (non-hydrogen) atoms. The van der Waals surface area contributed by atoms with Gasteiger partial charge in [-0.1, -0.05) is 6.92 Å². The summed E-state index contributed by atoms with van der Waals surface area (Å²) in [5, 5.41) is 0. The molecule has 6 nitrogen and oxygen atoms in total. The van der Waals surface area contributed by atoms with Crippen LogP contribution in [0.25, 0.3) is 0 Å². The van der Waals surface area contributed by atoms with Crippen molar-refractivity contribution in [1.82, 2.24) is 14.9 Å². The Morgan fingerprint density at radius 2 is 1.57 bits per heavy atom. The van der Waals surface area contributed by atoms with E-state index in [9.17, 15) is 0 Å². The number of hydrogen-bond donors (Lipinski definition) is 1. The van der Waals surface area contributed by atoms with E-state index in [0.717, 1.165) is 13.0 Å². The first kappa shape index (κ1) is 17.5. The quantitative estimate of drug-likeness (QED) is 0.754. The minimum absolute atomic E-state index is 0.367. The maximum atomic E-state index is 5.97. The van der Waals surface area contributed by atoms with Crippen molar-refractivity contribution in [2.75, 3.05) is 25.5 Å². The fourth-order valence-electron chi connectivity index (χ4n) is 2.15. The molecule has 2 N–H and O–H groups in total. The van der Waals surface area contributed by atoms with Crippen LogP contribution in [0.15, 0.2) is 6.33 Å². The lowest BCUT2D eigenvalue weighted by Gasteiger charge is -2.30. The van der Waals surface area contributed by atoms with Gasteiger partial charge in [-0.3, -0.25) is 4.90 Å². The zero-order chi connectivity index (χ0) is 15.8. The van der Waals surface area contributed by atoms with Gasteiger partial charge < -0.3 is 15.2 Å². The highest BCUT2D eigenvalue weighted by Crippen LogP contribution is 2.26. The van der Waals surface area contributed by atoms with Gasteiger partial charge in [0.05, 0.1) is 6.61 Å². The monoisotopic (exact) mass is 296 g/mol. The molecule has 0 saturated heterocycles. The molecule has 6 heteroatoms. The molecule has 0 aliphatic rings. The standard InChI is InChI=1S/C15H28N4O2/c1-6-8-20-14-13(16)15(18-10-17-14)21-9-7-19(11(2)3)12(4)5/h10-12H,6-9,16H2,1-5H3. The third-order valence-corrected chi connectivity index (χ3v) is 3.17. The third-order valence-electron chi connectivity index (χ3n) is 3.17. The van der Waals surface area contributed by atoms with Crippen molar-refractivity contribution in [3.63, 3.8) is 0 Å². The van der Waals surface area contributed by atoms with Crippen molar-refractivity contribution in [3.05, 3.63) is 6.33 Å². The number of nitrogen functional groups attached to an aromatic ring is 1. The highest BCUT2D eigenvalue weighted by atomic mass is 16.5. The molecule has 0 unspecified atom stereocenters. The van der Waals surface area contributed by atoms with E-state index in [1.54, 1.807) is 0 Å². The molecule has 0 amide bonds. The molecule has 0 radical (unpaired) electrons. The van der Waals surface area contributed by atoms with E-state index in [4.69, 9.17) is 15.2 Å². The lowest BCUT2D eigenvalue weighted by Crippen LogP contribution is -2.39. The van der Waals surface area contributed by atoms with Gasteiger partial charge in [0.2, 0.25) is 11.8 Å². The Bertz CT molecular complexity index is 416. The van der Waals surface area contributed by atoms with Crippen molar-refractivity contribution in [3.8, 4) is 11.8 Å². The summed E-state index contributed by atoms with van der Waals surface area (Å²) in [6.45, 7) is 12.7. The van der Waals surface area contributed by atoms with Crippen LogP contribution in [0.2, 0.25) is 0 Å². The van der Waals surface area contributed by atoms with E-state index in [1.807, 2.05) is 6.92 Å². The smallest absolute Gasteiger partial charge is 0.244 e. The molecular formula is C15H28N4O2. The second kappa shape index (κ2) is 8.67. The van der Waals surface area contributed by atoms with Gasteiger partial charge in [0.25, 0.3) is 0 Å². The largest absolute Gasteiger partial charge is 0.476 e. The van der Waals surface area contributed by atoms with Crippen LogP contribution in [0, 0.1) is 0 Å². The summed E-state index contributed by atoms with van der Waals surface area (Å²) in [6.07, 6.45) is 2.32. The number of nitrogens with zero attached hydrogens (tertiary/aromatic N) is 3. The molecule has 0 aromatic carbocycles. The molecule has 1 aromatic rings. The Hall–Kier alpha value is -1.56. The fraction of sp³-hybridized carbons (Fsp3) is 0.733. The minimum Gasteiger partial charge on any atom is -0.476 e. The average molecular weight is 296 g/mol. The van der Waals surface area contributed by atoms with Crippen LogP contribution >= 0.6 is 0 Å². The molecule has 0 fully saturated rings. The van der Waals surface area contributed by atoms with E-state index in [1.165, 1.54) is 6.33 Å². The van der Waals surface area contributed by atoms with Crippen LogP contribution < -0.4 is 15.2 Å². The lowest BCUT2D eigenvalue weighted by atomic mass is 10.2. The van der Waals surface area contributed by atoms with E-state index in [0.29, 0.717) is 42.7 Å². The number of anilines is 1. The normalized spacial score (nSPS) is 11.4. The van der Waals surface area contributed by atoms with Gasteiger partial charge >= 0.3 is 0 Å². The average Bonchev–Trinajstić information content (AvgIpc) is 2.43. The Labute approximate surface area is 127 Å². The van der Waals surface area contributed by atoms with Gasteiger partial charge in [-0.2, -0.15) is 9.97 Å². The van der Waals surface area contributed by atoms with Crippen LogP contribution in [0.1, 0.15) is 41.0 Å². The predicted octanol–water partition coefficient (Wildman–Crippen LogP) is 2.35. The molecule has 0 saturated carbocycles. The topological polar surface area (TPSA) is 73.5 Å². The summed E-state index contributed by atoms with van der Waals surface area (Å²) in [4.78, 5) is 10.5. The van der Waals surface area contributed by atoms with E-state index in [-0.39, 0.29) is 0 Å². The number of aromatic nitrogens is 2. The molecular weight excluding hydrogens is 268 g/mol. The second-order valence-corrected chi connectivity index (χ2v) is 5.52. The van der Waals surface area contributed by atoms with Crippen molar-refractivity contribution >= 4 is 5.69 Å². The van der Waals surface area contributed by atoms with Gasteiger partial charge in [0.1, 0.15) is 12.9 Å². The lowest BCUT2D eigenvalue weighted by molar-refractivity contribution is 0.140. The van der Waals surface area contributed by atoms with Crippen LogP contribution in [0.4, 0.5) is 5.69 Å². The highest BCUT2D eigenvalue weighted by molar-refractivity contribution is 5.55. The molecule has 120 valence electrons. The van der Waals surface area contributed by atoms with Crippen molar-refractivity contribution in [2.24, 2.45) is 0 Å². The van der Waals surface area contributed by atoms with Crippen molar-refractivity contribution in [2.45, 2.75) is 53.1 Å². The third kappa shape index (κ3) is 5.38. The molecule has 1 aromatic heterocycles. The van der Waals surface area contributed by atoms with Crippen LogP contribution in [0.5, 0.6) is 11.8 Å². The Morgan fingerprint density at radius 3 is 2.05 bits per heavy atom. The zero-order valence-corrected chi connectivity index (χ0v) is 13.8. The maximum Gasteiger partial charge on any atom is 0.244 e. The Balaban J connectivity index is 2.59. The number of ether oxygens (including phenoxy) is 2. The minimum atomic E-state index is 0.367. The van der Waals surface area contributed by atoms with Crippen LogP contribution in [-0.4, -0.2) is 46.7 Å². The second-order valence-electron chi connectivity index (χ2n) is 5.52. The molecule has 1 heterocycles. The maximum absolute atomic E-state index is 5.97. The predicted molar refractivity (Wildman–Crippen MR) is 84.7 cm³/mol. The summed E-state index contributed by atoms with van der Waals surface area (Å²) in [7, 11) is 0. The van der Waals surface area contributed by atoms with Crippen LogP contribution in [-0.2, 0) is 0 Å². The van der Waals surface area contributed by atoms with Crippen molar-refractivity contribution in [1.29, 1.82) is 0 Å². The number of rotatable bonds is 9. The van der Waals surface area contributed by atoms with E-state index in [2.05, 4.69) is 42.6 Å². The summed E-state index contributed by atoms with van der Waals surface area (Å²) in [6, 6.07) is 0.944. The highest BCUT2D eigenvalue weighted by Gasteiger charge is 2.15. The van der Waals surface area contributed by atoms with Gasteiger partial charge in [0, 0.05) is 18.6 Å². The number of hydrogen-bond acceptors (Lipinski definition) is 6. The molecule has 0 aliphatic heterocycles. The summed E-state index contributed by atoms with van der Waals surface area (Å²) < 4.78 is 11.2. The van der Waals surface area contributed by atoms with Gasteiger partial charge in [-0.15, -0.1) is 0 Å². The van der Waals surface area contributed by atoms with Gasteiger partial charge in [-0.25, -0.2) is 0 Å². The number of nitrogens with two attached hydrogens (primary N) is 1. The zero-order valence-electron chi connectivity index (χ0n) is 13.8. The molecule has 0 atom stereocenters. The Kier molecular flexibility index (Phi) is 7.22. The fourth-order valence-corrected chi connectivity index (χ4v) is 2.15. The van der Waals surface area contributed by atoms with E-state index >= 15 is 0 Å². The van der Waals surface area contributed by atoms with Crippen LogP contribution in [0.3, 0.4) is 0 Å².